The number of para-hydroxylation sites is 1. The summed E-state index contributed by atoms with van der Waals surface area (Å²) in [6, 6.07) is 6.68. The summed E-state index contributed by atoms with van der Waals surface area (Å²) in [5.41, 5.74) is -0.0918. The SMILES string of the molecule is C[C@@H]1CN(C(=O)[C@@H](NC(=O)c2cc3ccccc3[nH]2)C(C)(C)C)[C@H](C(=O)NC(C=O)C[C@@H]2CCCNC2=O)C1(C)C. The van der Waals surface area contributed by atoms with Gasteiger partial charge in [0.2, 0.25) is 17.7 Å². The minimum atomic E-state index is -0.911. The first-order valence-electron chi connectivity index (χ1n) is 14.5. The van der Waals surface area contributed by atoms with Gasteiger partial charge in [-0.05, 0) is 48.1 Å². The number of benzene rings is 1. The fourth-order valence-corrected chi connectivity index (χ4v) is 6.00. The number of aromatic nitrogens is 1. The molecule has 10 nitrogen and oxygen atoms in total. The Kier molecular flexibility index (Phi) is 8.61. The highest BCUT2D eigenvalue weighted by molar-refractivity contribution is 6.01. The van der Waals surface area contributed by atoms with E-state index in [4.69, 9.17) is 0 Å². The average molecular weight is 566 g/mol. The monoisotopic (exact) mass is 565 g/mol. The van der Waals surface area contributed by atoms with Crippen molar-refractivity contribution in [2.24, 2.45) is 22.7 Å². The lowest BCUT2D eigenvalue weighted by atomic mass is 9.77. The van der Waals surface area contributed by atoms with Crippen molar-refractivity contribution in [1.29, 1.82) is 0 Å². The van der Waals surface area contributed by atoms with Gasteiger partial charge in [-0.25, -0.2) is 0 Å². The number of fused-ring (bicyclic) bond motifs is 1. The number of nitrogens with one attached hydrogen (secondary N) is 4. The molecular formula is C31H43N5O5. The highest BCUT2D eigenvalue weighted by Crippen LogP contribution is 2.42. The highest BCUT2D eigenvalue weighted by atomic mass is 16.2. The molecule has 3 heterocycles. The van der Waals surface area contributed by atoms with Crippen LogP contribution in [0.15, 0.2) is 30.3 Å². The van der Waals surface area contributed by atoms with E-state index in [9.17, 15) is 24.0 Å². The van der Waals surface area contributed by atoms with Crippen molar-refractivity contribution in [2.75, 3.05) is 13.1 Å². The van der Waals surface area contributed by atoms with Crippen molar-refractivity contribution in [3.63, 3.8) is 0 Å². The fourth-order valence-electron chi connectivity index (χ4n) is 6.00. The molecule has 0 radical (unpaired) electrons. The van der Waals surface area contributed by atoms with Gasteiger partial charge in [0.1, 0.15) is 24.1 Å². The van der Waals surface area contributed by atoms with Gasteiger partial charge in [0.25, 0.3) is 5.91 Å². The molecule has 2 aliphatic rings. The van der Waals surface area contributed by atoms with Crippen LogP contribution in [0.25, 0.3) is 10.9 Å². The van der Waals surface area contributed by atoms with Crippen LogP contribution in [-0.2, 0) is 19.2 Å². The molecule has 1 unspecified atom stereocenters. The van der Waals surface area contributed by atoms with E-state index in [0.717, 1.165) is 17.3 Å². The molecule has 1 aromatic carbocycles. The summed E-state index contributed by atoms with van der Waals surface area (Å²) in [6.07, 6.45) is 2.36. The summed E-state index contributed by atoms with van der Waals surface area (Å²) in [6.45, 7) is 12.4. The van der Waals surface area contributed by atoms with Crippen LogP contribution in [0.2, 0.25) is 0 Å². The summed E-state index contributed by atoms with van der Waals surface area (Å²) in [4.78, 5) is 70.2. The molecule has 4 amide bonds. The number of H-pyrrole nitrogens is 1. The second-order valence-electron chi connectivity index (χ2n) is 13.3. The summed E-state index contributed by atoms with van der Waals surface area (Å²) in [5.74, 6) is -1.68. The van der Waals surface area contributed by atoms with E-state index in [0.29, 0.717) is 31.5 Å². The lowest BCUT2D eigenvalue weighted by Crippen LogP contribution is -2.60. The number of carbonyl (C=O) groups is 5. The Morgan fingerprint density at radius 3 is 2.51 bits per heavy atom. The van der Waals surface area contributed by atoms with E-state index in [1.807, 2.05) is 65.8 Å². The molecule has 4 N–H and O–H groups in total. The minimum absolute atomic E-state index is 0.0222. The molecule has 222 valence electrons. The van der Waals surface area contributed by atoms with Crippen LogP contribution in [-0.4, -0.2) is 71.0 Å². The first kappa shape index (κ1) is 30.3. The highest BCUT2D eigenvalue weighted by Gasteiger charge is 2.53. The fraction of sp³-hybridized carbons (Fsp3) is 0.581. The van der Waals surface area contributed by atoms with E-state index in [1.165, 1.54) is 0 Å². The average Bonchev–Trinajstić information content (AvgIpc) is 3.45. The zero-order valence-corrected chi connectivity index (χ0v) is 24.9. The molecule has 2 aromatic rings. The standard InChI is InChI=1S/C31H43N5O5/c1-18-16-36(25(31(18,5)6)28(40)33-21(17-37)14-20-11-9-13-32-26(20)38)29(41)24(30(2,3)4)35-27(39)23-15-19-10-7-8-12-22(19)34-23/h7-8,10,12,15,17-18,20-21,24-25,34H,9,11,13-14,16H2,1-6H3,(H,32,38)(H,33,40)(H,35,39)/t18-,20+,21?,24-,25-/m1/s1. The van der Waals surface area contributed by atoms with Gasteiger partial charge < -0.3 is 30.6 Å². The first-order chi connectivity index (χ1) is 19.2. The molecule has 5 atom stereocenters. The third kappa shape index (κ3) is 6.31. The van der Waals surface area contributed by atoms with Gasteiger partial charge in [-0.3, -0.25) is 19.2 Å². The molecule has 0 saturated carbocycles. The van der Waals surface area contributed by atoms with Crippen LogP contribution in [0.5, 0.6) is 0 Å². The van der Waals surface area contributed by atoms with Crippen molar-refractivity contribution >= 4 is 40.8 Å². The number of piperidine rings is 1. The van der Waals surface area contributed by atoms with Gasteiger partial charge in [-0.2, -0.15) is 0 Å². The Morgan fingerprint density at radius 2 is 1.88 bits per heavy atom. The third-order valence-corrected chi connectivity index (χ3v) is 8.88. The number of hydrogen-bond acceptors (Lipinski definition) is 5. The maximum atomic E-state index is 14.2. The Hall–Kier alpha value is -3.69. The van der Waals surface area contributed by atoms with Gasteiger partial charge in [-0.1, -0.05) is 59.7 Å². The van der Waals surface area contributed by atoms with Crippen LogP contribution in [0.3, 0.4) is 0 Å². The third-order valence-electron chi connectivity index (χ3n) is 8.88. The van der Waals surface area contributed by atoms with Crippen LogP contribution >= 0.6 is 0 Å². The number of carbonyl (C=O) groups excluding carboxylic acids is 5. The molecule has 2 fully saturated rings. The van der Waals surface area contributed by atoms with Gasteiger partial charge in [-0.15, -0.1) is 0 Å². The normalized spacial score (nSPS) is 23.9. The first-order valence-corrected chi connectivity index (χ1v) is 14.5. The quantitative estimate of drug-likeness (QED) is 0.365. The zero-order valence-electron chi connectivity index (χ0n) is 24.9. The van der Waals surface area contributed by atoms with Crippen molar-refractivity contribution in [3.8, 4) is 0 Å². The molecule has 4 rings (SSSR count). The second kappa shape index (κ2) is 11.7. The Labute approximate surface area is 241 Å². The Bertz CT molecular complexity index is 1290. The van der Waals surface area contributed by atoms with E-state index in [1.54, 1.807) is 11.0 Å². The van der Waals surface area contributed by atoms with E-state index in [-0.39, 0.29) is 30.1 Å². The van der Waals surface area contributed by atoms with E-state index < -0.39 is 40.8 Å². The van der Waals surface area contributed by atoms with Gasteiger partial charge in [0.05, 0.1) is 6.04 Å². The summed E-state index contributed by atoms with van der Waals surface area (Å²) in [5, 5.41) is 9.46. The lowest BCUT2D eigenvalue weighted by Gasteiger charge is -2.38. The molecule has 2 aliphatic heterocycles. The molecular weight excluding hydrogens is 522 g/mol. The van der Waals surface area contributed by atoms with Gasteiger partial charge in [0.15, 0.2) is 0 Å². The summed E-state index contributed by atoms with van der Waals surface area (Å²) in [7, 11) is 0. The second-order valence-corrected chi connectivity index (χ2v) is 13.3. The molecule has 2 saturated heterocycles. The number of aromatic amines is 1. The number of rotatable bonds is 8. The number of likely N-dealkylation sites (tertiary alicyclic amines) is 1. The Morgan fingerprint density at radius 1 is 1.17 bits per heavy atom. The topological polar surface area (TPSA) is 140 Å². The molecule has 0 spiro atoms. The molecule has 0 aliphatic carbocycles. The maximum Gasteiger partial charge on any atom is 0.268 e. The predicted molar refractivity (Wildman–Crippen MR) is 156 cm³/mol. The van der Waals surface area contributed by atoms with Crippen molar-refractivity contribution < 1.29 is 24.0 Å². The smallest absolute Gasteiger partial charge is 0.268 e. The zero-order chi connectivity index (χ0) is 30.1. The number of hydrogen-bond donors (Lipinski definition) is 4. The predicted octanol–water partition coefficient (Wildman–Crippen LogP) is 2.79. The number of aldehydes is 1. The van der Waals surface area contributed by atoms with E-state index >= 15 is 0 Å². The minimum Gasteiger partial charge on any atom is -0.356 e. The molecule has 41 heavy (non-hydrogen) atoms. The van der Waals surface area contributed by atoms with Crippen LogP contribution in [0.4, 0.5) is 0 Å². The van der Waals surface area contributed by atoms with Crippen LogP contribution in [0, 0.1) is 22.7 Å². The summed E-state index contributed by atoms with van der Waals surface area (Å²) < 4.78 is 0. The largest absolute Gasteiger partial charge is 0.356 e. The lowest BCUT2D eigenvalue weighted by molar-refractivity contribution is -0.144. The molecule has 10 heteroatoms. The number of amides is 4. The molecule has 1 aromatic heterocycles. The van der Waals surface area contributed by atoms with Crippen LogP contribution < -0.4 is 16.0 Å². The van der Waals surface area contributed by atoms with Crippen LogP contribution in [0.1, 0.15) is 71.3 Å². The Balaban J connectivity index is 1.55. The van der Waals surface area contributed by atoms with Gasteiger partial charge >= 0.3 is 0 Å². The number of nitrogens with zero attached hydrogens (tertiary/aromatic N) is 1. The summed E-state index contributed by atoms with van der Waals surface area (Å²) >= 11 is 0. The van der Waals surface area contributed by atoms with Crippen molar-refractivity contribution in [1.82, 2.24) is 25.8 Å². The van der Waals surface area contributed by atoms with Gasteiger partial charge in [0, 0.05) is 29.9 Å². The maximum absolute atomic E-state index is 14.2. The molecule has 0 bridgehead atoms. The van der Waals surface area contributed by atoms with Crippen molar-refractivity contribution in [3.05, 3.63) is 36.0 Å². The van der Waals surface area contributed by atoms with Crippen molar-refractivity contribution in [2.45, 2.75) is 78.9 Å². The van der Waals surface area contributed by atoms with E-state index in [2.05, 4.69) is 20.9 Å².